The van der Waals surface area contributed by atoms with Crippen molar-refractivity contribution in [3.63, 3.8) is 0 Å². The minimum atomic E-state index is -0.776. The zero-order valence-electron chi connectivity index (χ0n) is 10.1. The third-order valence-electron chi connectivity index (χ3n) is 3.04. The van der Waals surface area contributed by atoms with Crippen molar-refractivity contribution in [3.05, 3.63) is 35.9 Å². The minimum absolute atomic E-state index is 0.216. The van der Waals surface area contributed by atoms with Crippen molar-refractivity contribution in [2.45, 2.75) is 32.4 Å². The second kappa shape index (κ2) is 5.66. The van der Waals surface area contributed by atoms with Crippen molar-refractivity contribution in [2.24, 2.45) is 0 Å². The molecule has 88 valence electrons. The highest BCUT2D eigenvalue weighted by Crippen LogP contribution is 2.09. The van der Waals surface area contributed by atoms with Crippen molar-refractivity contribution in [1.82, 2.24) is 4.90 Å². The molecule has 0 saturated carbocycles. The van der Waals surface area contributed by atoms with Crippen LogP contribution < -0.4 is 0 Å². The van der Waals surface area contributed by atoms with Gasteiger partial charge in [0.25, 0.3) is 0 Å². The van der Waals surface area contributed by atoms with Crippen LogP contribution in [0.15, 0.2) is 30.3 Å². The molecule has 0 amide bonds. The molecular weight excluding hydrogens is 202 g/mol. The summed E-state index contributed by atoms with van der Waals surface area (Å²) in [5.41, 5.74) is 1.24. The van der Waals surface area contributed by atoms with E-state index >= 15 is 0 Å². The van der Waals surface area contributed by atoms with Gasteiger partial charge >= 0.3 is 5.97 Å². The highest BCUT2D eigenvalue weighted by Gasteiger charge is 2.21. The maximum absolute atomic E-state index is 10.9. The van der Waals surface area contributed by atoms with Gasteiger partial charge in [0.15, 0.2) is 0 Å². The average Bonchev–Trinajstić information content (AvgIpc) is 2.28. The van der Waals surface area contributed by atoms with E-state index in [1.807, 2.05) is 37.1 Å². The van der Waals surface area contributed by atoms with Crippen molar-refractivity contribution < 1.29 is 9.90 Å². The summed E-state index contributed by atoms with van der Waals surface area (Å²) in [5, 5.41) is 8.93. The number of benzene rings is 1. The molecule has 0 aliphatic heterocycles. The van der Waals surface area contributed by atoms with E-state index in [-0.39, 0.29) is 6.04 Å². The van der Waals surface area contributed by atoms with Crippen LogP contribution in [-0.2, 0) is 11.2 Å². The smallest absolute Gasteiger partial charge is 0.320 e. The summed E-state index contributed by atoms with van der Waals surface area (Å²) in [6.07, 6.45) is 0.870. The molecule has 0 heterocycles. The number of carboxylic acids is 1. The molecule has 0 bridgehead atoms. The van der Waals surface area contributed by atoms with Crippen LogP contribution in [0, 0.1) is 0 Å². The molecular formula is C13H19NO2. The lowest BCUT2D eigenvalue weighted by Gasteiger charge is -2.28. The molecule has 0 aliphatic carbocycles. The molecule has 0 spiro atoms. The van der Waals surface area contributed by atoms with Crippen LogP contribution in [-0.4, -0.2) is 35.1 Å². The molecule has 1 aromatic carbocycles. The number of likely N-dealkylation sites (N-methyl/N-ethyl adjacent to an activating group) is 1. The van der Waals surface area contributed by atoms with E-state index in [0.717, 1.165) is 6.42 Å². The van der Waals surface area contributed by atoms with Crippen molar-refractivity contribution in [1.29, 1.82) is 0 Å². The van der Waals surface area contributed by atoms with Crippen LogP contribution in [0.4, 0.5) is 0 Å². The van der Waals surface area contributed by atoms with Gasteiger partial charge in [0.05, 0.1) is 0 Å². The Bertz CT molecular complexity index is 337. The summed E-state index contributed by atoms with van der Waals surface area (Å²) in [6.45, 7) is 3.76. The summed E-state index contributed by atoms with van der Waals surface area (Å²) in [4.78, 5) is 12.7. The largest absolute Gasteiger partial charge is 0.480 e. The molecule has 2 unspecified atom stereocenters. The zero-order chi connectivity index (χ0) is 12.1. The Morgan fingerprint density at radius 1 is 1.31 bits per heavy atom. The first-order valence-corrected chi connectivity index (χ1v) is 5.51. The SMILES string of the molecule is CC(Cc1ccccc1)N(C)C(C)C(=O)O. The van der Waals surface area contributed by atoms with Gasteiger partial charge in [0, 0.05) is 6.04 Å². The first kappa shape index (κ1) is 12.7. The van der Waals surface area contributed by atoms with Gasteiger partial charge in [0.2, 0.25) is 0 Å². The second-order valence-corrected chi connectivity index (χ2v) is 4.22. The van der Waals surface area contributed by atoms with Crippen LogP contribution in [0.5, 0.6) is 0 Å². The number of carbonyl (C=O) groups is 1. The molecule has 3 heteroatoms. The summed E-state index contributed by atoms with van der Waals surface area (Å²) < 4.78 is 0. The van der Waals surface area contributed by atoms with Gasteiger partial charge in [-0.15, -0.1) is 0 Å². The zero-order valence-corrected chi connectivity index (χ0v) is 10.1. The quantitative estimate of drug-likeness (QED) is 0.827. The fourth-order valence-corrected chi connectivity index (χ4v) is 1.66. The fourth-order valence-electron chi connectivity index (χ4n) is 1.66. The number of hydrogen-bond acceptors (Lipinski definition) is 2. The third kappa shape index (κ3) is 3.35. The molecule has 0 aliphatic rings. The Morgan fingerprint density at radius 2 is 1.88 bits per heavy atom. The van der Waals surface area contributed by atoms with Crippen molar-refractivity contribution >= 4 is 5.97 Å². The molecule has 0 saturated heterocycles. The van der Waals surface area contributed by atoms with E-state index in [1.165, 1.54) is 5.56 Å². The normalized spacial score (nSPS) is 14.8. The maximum atomic E-state index is 10.9. The van der Waals surface area contributed by atoms with Gasteiger partial charge in [0.1, 0.15) is 6.04 Å². The predicted octanol–water partition coefficient (Wildman–Crippen LogP) is 2.02. The fraction of sp³-hybridized carbons (Fsp3) is 0.462. The summed E-state index contributed by atoms with van der Waals surface area (Å²) >= 11 is 0. The van der Waals surface area contributed by atoms with Crippen LogP contribution in [0.1, 0.15) is 19.4 Å². The van der Waals surface area contributed by atoms with E-state index < -0.39 is 12.0 Å². The monoisotopic (exact) mass is 221 g/mol. The summed E-state index contributed by atoms with van der Waals surface area (Å²) in [7, 11) is 1.85. The predicted molar refractivity (Wildman–Crippen MR) is 64.5 cm³/mol. The van der Waals surface area contributed by atoms with E-state index in [9.17, 15) is 4.79 Å². The standard InChI is InChI=1S/C13H19NO2/c1-10(14(3)11(2)13(15)16)9-12-7-5-4-6-8-12/h4-8,10-11H,9H2,1-3H3,(H,15,16). The van der Waals surface area contributed by atoms with Gasteiger partial charge in [-0.3, -0.25) is 9.69 Å². The Kier molecular flexibility index (Phi) is 4.50. The first-order chi connectivity index (χ1) is 7.52. The minimum Gasteiger partial charge on any atom is -0.480 e. The Balaban J connectivity index is 2.58. The Morgan fingerprint density at radius 3 is 2.38 bits per heavy atom. The highest BCUT2D eigenvalue weighted by molar-refractivity contribution is 5.72. The van der Waals surface area contributed by atoms with Crippen LogP contribution in [0.3, 0.4) is 0 Å². The lowest BCUT2D eigenvalue weighted by Crippen LogP contribution is -2.42. The molecule has 1 rings (SSSR count). The Hall–Kier alpha value is -1.35. The van der Waals surface area contributed by atoms with Gasteiger partial charge in [-0.25, -0.2) is 0 Å². The third-order valence-corrected chi connectivity index (χ3v) is 3.04. The van der Waals surface area contributed by atoms with Crippen LogP contribution in [0.25, 0.3) is 0 Å². The Labute approximate surface area is 96.7 Å². The van der Waals surface area contributed by atoms with Crippen molar-refractivity contribution in [2.75, 3.05) is 7.05 Å². The molecule has 3 nitrogen and oxygen atoms in total. The number of hydrogen-bond donors (Lipinski definition) is 1. The molecule has 0 radical (unpaired) electrons. The van der Waals surface area contributed by atoms with Gasteiger partial charge < -0.3 is 5.11 Å². The molecule has 1 aromatic rings. The van der Waals surface area contributed by atoms with Gasteiger partial charge in [-0.05, 0) is 32.9 Å². The van der Waals surface area contributed by atoms with Crippen LogP contribution >= 0.6 is 0 Å². The molecule has 0 fully saturated rings. The summed E-state index contributed by atoms with van der Waals surface area (Å²) in [5.74, 6) is -0.776. The van der Waals surface area contributed by atoms with Crippen LogP contribution in [0.2, 0.25) is 0 Å². The molecule has 2 atom stereocenters. The molecule has 16 heavy (non-hydrogen) atoms. The van der Waals surface area contributed by atoms with Crippen molar-refractivity contribution in [3.8, 4) is 0 Å². The maximum Gasteiger partial charge on any atom is 0.320 e. The summed E-state index contributed by atoms with van der Waals surface area (Å²) in [6, 6.07) is 9.89. The van der Waals surface area contributed by atoms with Gasteiger partial charge in [-0.1, -0.05) is 30.3 Å². The highest BCUT2D eigenvalue weighted by atomic mass is 16.4. The van der Waals surface area contributed by atoms with E-state index in [4.69, 9.17) is 5.11 Å². The van der Waals surface area contributed by atoms with Gasteiger partial charge in [-0.2, -0.15) is 0 Å². The second-order valence-electron chi connectivity index (χ2n) is 4.22. The van der Waals surface area contributed by atoms with E-state index in [2.05, 4.69) is 12.1 Å². The molecule has 0 aromatic heterocycles. The number of carboxylic acid groups (broad SMARTS) is 1. The number of aliphatic carboxylic acids is 1. The van der Waals surface area contributed by atoms with E-state index in [0.29, 0.717) is 0 Å². The van der Waals surface area contributed by atoms with E-state index in [1.54, 1.807) is 6.92 Å². The average molecular weight is 221 g/mol. The lowest BCUT2D eigenvalue weighted by atomic mass is 10.1. The lowest BCUT2D eigenvalue weighted by molar-refractivity contribution is -0.142. The molecule has 1 N–H and O–H groups in total. The topological polar surface area (TPSA) is 40.5 Å². The number of nitrogens with zero attached hydrogens (tertiary/aromatic N) is 1. The first-order valence-electron chi connectivity index (χ1n) is 5.51. The number of rotatable bonds is 5.